The van der Waals surface area contributed by atoms with Crippen LogP contribution in [0.2, 0.25) is 0 Å². The first-order valence-electron chi connectivity index (χ1n) is 7.79. The van der Waals surface area contributed by atoms with Crippen molar-refractivity contribution in [3.63, 3.8) is 0 Å². The summed E-state index contributed by atoms with van der Waals surface area (Å²) in [5.41, 5.74) is 0. The lowest BCUT2D eigenvalue weighted by atomic mass is 10.2. The molecule has 0 radical (unpaired) electrons. The average Bonchev–Trinajstić information content (AvgIpc) is 3.21. The summed E-state index contributed by atoms with van der Waals surface area (Å²) in [6.07, 6.45) is 1.71. The second-order valence-corrected chi connectivity index (χ2v) is 7.79. The van der Waals surface area contributed by atoms with E-state index in [1.165, 1.54) is 23.3 Å². The molecule has 1 aliphatic heterocycles. The lowest BCUT2D eigenvalue weighted by molar-refractivity contribution is -0.151. The Hall–Kier alpha value is -2.36. The minimum Gasteiger partial charge on any atom is -0.459 e. The Morgan fingerprint density at radius 3 is 2.72 bits per heavy atom. The van der Waals surface area contributed by atoms with Gasteiger partial charge in [0.15, 0.2) is 22.2 Å². The first-order chi connectivity index (χ1) is 11.8. The van der Waals surface area contributed by atoms with E-state index in [-0.39, 0.29) is 23.3 Å². The second kappa shape index (κ2) is 8.15. The topological polar surface area (TPSA) is 123 Å². The maximum Gasteiger partial charge on any atom is 0.325 e. The van der Waals surface area contributed by atoms with E-state index < -0.39 is 40.8 Å². The summed E-state index contributed by atoms with van der Waals surface area (Å²) in [5, 5.41) is 2.31. The molecular weight excluding hydrogens is 352 g/mol. The molecule has 0 aliphatic carbocycles. The molecule has 0 saturated carbocycles. The van der Waals surface area contributed by atoms with Gasteiger partial charge < -0.3 is 19.4 Å². The normalized spacial score (nSPS) is 18.5. The molecule has 2 rings (SSSR count). The van der Waals surface area contributed by atoms with Crippen LogP contribution in [-0.4, -0.2) is 68.3 Å². The predicted molar refractivity (Wildman–Crippen MR) is 86.4 cm³/mol. The minimum atomic E-state index is -3.11. The third-order valence-electron chi connectivity index (χ3n) is 3.81. The molecule has 1 fully saturated rings. The zero-order chi connectivity index (χ0) is 18.4. The number of carbonyl (C=O) groups excluding carboxylic acids is 3. The van der Waals surface area contributed by atoms with Crippen molar-refractivity contribution in [2.24, 2.45) is 0 Å². The molecule has 0 spiro atoms. The van der Waals surface area contributed by atoms with E-state index in [0.29, 0.717) is 13.0 Å². The molecule has 0 bridgehead atoms. The highest BCUT2D eigenvalue weighted by atomic mass is 32.2. The first kappa shape index (κ1) is 19.0. The fourth-order valence-electron chi connectivity index (χ4n) is 2.58. The van der Waals surface area contributed by atoms with E-state index in [1.807, 2.05) is 0 Å². The smallest absolute Gasteiger partial charge is 0.325 e. The zero-order valence-corrected chi connectivity index (χ0v) is 14.6. The van der Waals surface area contributed by atoms with Crippen LogP contribution in [0.1, 0.15) is 23.9 Å². The number of carbonyl (C=O) groups is 3. The highest BCUT2D eigenvalue weighted by molar-refractivity contribution is 7.91. The minimum absolute atomic E-state index is 0.0556. The van der Waals surface area contributed by atoms with Crippen LogP contribution >= 0.6 is 0 Å². The SMILES string of the molecule is CCN(C(=O)COC(=O)CNC(=O)c1ccco1)C1CCS(=O)(=O)C1. The Morgan fingerprint density at radius 2 is 2.16 bits per heavy atom. The van der Waals surface area contributed by atoms with Crippen LogP contribution in [0.4, 0.5) is 0 Å². The van der Waals surface area contributed by atoms with E-state index in [4.69, 9.17) is 9.15 Å². The number of sulfone groups is 1. The molecule has 1 unspecified atom stereocenters. The third kappa shape index (κ3) is 5.31. The van der Waals surface area contributed by atoms with Gasteiger partial charge in [0.2, 0.25) is 0 Å². The highest BCUT2D eigenvalue weighted by Crippen LogP contribution is 2.17. The average molecular weight is 372 g/mol. The number of nitrogens with zero attached hydrogens (tertiary/aromatic N) is 1. The Labute approximate surface area is 145 Å². The van der Waals surface area contributed by atoms with Gasteiger partial charge in [-0.05, 0) is 25.5 Å². The van der Waals surface area contributed by atoms with E-state index in [9.17, 15) is 22.8 Å². The van der Waals surface area contributed by atoms with Crippen LogP contribution in [0.25, 0.3) is 0 Å². The maximum absolute atomic E-state index is 12.2. The summed E-state index contributed by atoms with van der Waals surface area (Å²) in [4.78, 5) is 36.8. The van der Waals surface area contributed by atoms with Crippen LogP contribution in [0.5, 0.6) is 0 Å². The number of furan rings is 1. The number of esters is 1. The van der Waals surface area contributed by atoms with Gasteiger partial charge in [-0.15, -0.1) is 0 Å². The van der Waals surface area contributed by atoms with Crippen LogP contribution in [0.15, 0.2) is 22.8 Å². The van der Waals surface area contributed by atoms with Crippen molar-refractivity contribution >= 4 is 27.6 Å². The summed E-state index contributed by atoms with van der Waals surface area (Å²) >= 11 is 0. The van der Waals surface area contributed by atoms with Crippen LogP contribution in [0.3, 0.4) is 0 Å². The number of ether oxygens (including phenoxy) is 1. The number of amides is 2. The van der Waals surface area contributed by atoms with Crippen molar-refractivity contribution in [2.45, 2.75) is 19.4 Å². The summed E-state index contributed by atoms with van der Waals surface area (Å²) in [7, 11) is -3.11. The van der Waals surface area contributed by atoms with Crippen LogP contribution in [-0.2, 0) is 24.2 Å². The van der Waals surface area contributed by atoms with Gasteiger partial charge in [-0.2, -0.15) is 0 Å². The van der Waals surface area contributed by atoms with Crippen molar-refractivity contribution in [3.05, 3.63) is 24.2 Å². The molecule has 1 aromatic heterocycles. The lowest BCUT2D eigenvalue weighted by Gasteiger charge is -2.26. The molecule has 1 N–H and O–H groups in total. The second-order valence-electron chi connectivity index (χ2n) is 5.56. The number of hydrogen-bond donors (Lipinski definition) is 1. The van der Waals surface area contributed by atoms with E-state index >= 15 is 0 Å². The molecule has 1 aromatic rings. The number of nitrogens with one attached hydrogen (secondary N) is 1. The molecule has 0 aromatic carbocycles. The Kier molecular flexibility index (Phi) is 6.18. The molecule has 10 heteroatoms. The molecule has 1 aliphatic rings. The fourth-order valence-corrected chi connectivity index (χ4v) is 4.31. The van der Waals surface area contributed by atoms with Gasteiger partial charge in [-0.25, -0.2) is 8.42 Å². The fraction of sp³-hybridized carbons (Fsp3) is 0.533. The third-order valence-corrected chi connectivity index (χ3v) is 5.56. The van der Waals surface area contributed by atoms with E-state index in [1.54, 1.807) is 6.92 Å². The highest BCUT2D eigenvalue weighted by Gasteiger charge is 2.34. The van der Waals surface area contributed by atoms with Gasteiger partial charge in [-0.3, -0.25) is 14.4 Å². The number of hydrogen-bond acceptors (Lipinski definition) is 7. The summed E-state index contributed by atoms with van der Waals surface area (Å²) in [6, 6.07) is 2.59. The van der Waals surface area contributed by atoms with Gasteiger partial charge >= 0.3 is 5.97 Å². The van der Waals surface area contributed by atoms with E-state index in [0.717, 1.165) is 0 Å². The molecule has 2 heterocycles. The molecule has 138 valence electrons. The molecular formula is C15H20N2O7S. The van der Waals surface area contributed by atoms with Crippen molar-refractivity contribution in [1.82, 2.24) is 10.2 Å². The molecule has 1 atom stereocenters. The monoisotopic (exact) mass is 372 g/mol. The van der Waals surface area contributed by atoms with Crippen molar-refractivity contribution in [1.29, 1.82) is 0 Å². The molecule has 2 amide bonds. The standard InChI is InChI=1S/C15H20N2O7S/c1-2-17(11-5-7-25(21,22)10-11)13(18)9-24-14(19)8-16-15(20)12-4-3-6-23-12/h3-4,6,11H,2,5,7-10H2,1H3,(H,16,20). The number of rotatable bonds is 7. The van der Waals surface area contributed by atoms with Crippen LogP contribution < -0.4 is 5.32 Å². The Bertz CT molecular complexity index is 727. The largest absolute Gasteiger partial charge is 0.459 e. The first-order valence-corrected chi connectivity index (χ1v) is 9.61. The Morgan fingerprint density at radius 1 is 1.40 bits per heavy atom. The van der Waals surface area contributed by atoms with Gasteiger partial charge in [0, 0.05) is 12.6 Å². The van der Waals surface area contributed by atoms with Crippen molar-refractivity contribution in [3.8, 4) is 0 Å². The Balaban J connectivity index is 1.76. The lowest BCUT2D eigenvalue weighted by Crippen LogP contribution is -2.43. The predicted octanol–water partition coefficient (Wildman–Crippen LogP) is -0.412. The van der Waals surface area contributed by atoms with Gasteiger partial charge in [0.25, 0.3) is 11.8 Å². The maximum atomic E-state index is 12.2. The van der Waals surface area contributed by atoms with Gasteiger partial charge in [0.1, 0.15) is 6.54 Å². The van der Waals surface area contributed by atoms with Gasteiger partial charge in [-0.1, -0.05) is 0 Å². The van der Waals surface area contributed by atoms with Gasteiger partial charge in [0.05, 0.1) is 17.8 Å². The summed E-state index contributed by atoms with van der Waals surface area (Å²) in [6.45, 7) is 1.15. The quantitative estimate of drug-likeness (QED) is 0.645. The molecule has 25 heavy (non-hydrogen) atoms. The number of likely N-dealkylation sites (N-methyl/N-ethyl adjacent to an activating group) is 1. The molecule has 1 saturated heterocycles. The zero-order valence-electron chi connectivity index (χ0n) is 13.8. The molecule has 9 nitrogen and oxygen atoms in total. The summed E-state index contributed by atoms with van der Waals surface area (Å²) < 4.78 is 32.8. The van der Waals surface area contributed by atoms with E-state index in [2.05, 4.69) is 5.32 Å². The van der Waals surface area contributed by atoms with Crippen molar-refractivity contribution < 1.29 is 32.0 Å². The van der Waals surface area contributed by atoms with Crippen molar-refractivity contribution in [2.75, 3.05) is 31.2 Å². The summed E-state index contributed by atoms with van der Waals surface area (Å²) in [5.74, 6) is -1.76. The van der Waals surface area contributed by atoms with Crippen LogP contribution in [0, 0.1) is 0 Å².